The highest BCUT2D eigenvalue weighted by atomic mass is 16.2. The third-order valence-electron chi connectivity index (χ3n) is 2.93. The van der Waals surface area contributed by atoms with Crippen molar-refractivity contribution >= 4 is 5.91 Å². The van der Waals surface area contributed by atoms with Crippen LogP contribution in [0.5, 0.6) is 0 Å². The first-order chi connectivity index (χ1) is 7.91. The molecule has 2 nitrogen and oxygen atoms in total. The van der Waals surface area contributed by atoms with E-state index in [1.807, 2.05) is 6.92 Å². The van der Waals surface area contributed by atoms with Gasteiger partial charge in [0.05, 0.1) is 5.92 Å². The quantitative estimate of drug-likeness (QED) is 0.782. The van der Waals surface area contributed by atoms with E-state index in [0.29, 0.717) is 5.92 Å². The SMILES string of the molecule is CC(C)Cc1ccc([C@H](C)C(=O)N(C)C)cc1. The third kappa shape index (κ3) is 3.88. The summed E-state index contributed by atoms with van der Waals surface area (Å²) < 4.78 is 0. The first-order valence-corrected chi connectivity index (χ1v) is 6.21. The highest BCUT2D eigenvalue weighted by Crippen LogP contribution is 2.18. The van der Waals surface area contributed by atoms with E-state index in [1.165, 1.54) is 5.56 Å². The average molecular weight is 233 g/mol. The molecule has 0 fully saturated rings. The van der Waals surface area contributed by atoms with Gasteiger partial charge in [-0.15, -0.1) is 0 Å². The molecule has 0 heterocycles. The Kier molecular flexibility index (Phi) is 4.73. The maximum Gasteiger partial charge on any atom is 0.229 e. The fourth-order valence-electron chi connectivity index (χ4n) is 1.94. The van der Waals surface area contributed by atoms with Crippen LogP contribution in [0.25, 0.3) is 0 Å². The zero-order chi connectivity index (χ0) is 13.0. The first-order valence-electron chi connectivity index (χ1n) is 6.21. The van der Waals surface area contributed by atoms with Gasteiger partial charge < -0.3 is 4.90 Å². The van der Waals surface area contributed by atoms with Gasteiger partial charge in [0.25, 0.3) is 0 Å². The average Bonchev–Trinajstić information content (AvgIpc) is 2.27. The van der Waals surface area contributed by atoms with E-state index < -0.39 is 0 Å². The predicted molar refractivity (Wildman–Crippen MR) is 72.1 cm³/mol. The molecule has 0 saturated heterocycles. The second-order valence-electron chi connectivity index (χ2n) is 5.29. The highest BCUT2D eigenvalue weighted by molar-refractivity contribution is 5.82. The van der Waals surface area contributed by atoms with Crippen molar-refractivity contribution in [1.29, 1.82) is 0 Å². The maximum atomic E-state index is 11.8. The van der Waals surface area contributed by atoms with Gasteiger partial charge in [-0.25, -0.2) is 0 Å². The number of nitrogens with zero attached hydrogens (tertiary/aromatic N) is 1. The van der Waals surface area contributed by atoms with Crippen LogP contribution in [0.1, 0.15) is 37.8 Å². The second kappa shape index (κ2) is 5.85. The number of carbonyl (C=O) groups excluding carboxylic acids is 1. The number of benzene rings is 1. The standard InChI is InChI=1S/C15H23NO/c1-11(2)10-13-6-8-14(9-7-13)12(3)15(17)16(4)5/h6-9,11-12H,10H2,1-5H3/t12-/m0/s1. The Morgan fingerprint density at radius 3 is 2.06 bits per heavy atom. The molecule has 17 heavy (non-hydrogen) atoms. The maximum absolute atomic E-state index is 11.8. The lowest BCUT2D eigenvalue weighted by atomic mass is 9.96. The van der Waals surface area contributed by atoms with Gasteiger partial charge in [0, 0.05) is 14.1 Å². The summed E-state index contributed by atoms with van der Waals surface area (Å²) in [5.41, 5.74) is 2.43. The minimum atomic E-state index is -0.0573. The summed E-state index contributed by atoms with van der Waals surface area (Å²) in [4.78, 5) is 13.5. The lowest BCUT2D eigenvalue weighted by Gasteiger charge is -2.17. The summed E-state index contributed by atoms with van der Waals surface area (Å²) in [6, 6.07) is 8.41. The molecule has 0 saturated carbocycles. The number of likely N-dealkylation sites (N-methyl/N-ethyl adjacent to an activating group) is 1. The van der Waals surface area contributed by atoms with E-state index in [2.05, 4.69) is 38.1 Å². The largest absolute Gasteiger partial charge is 0.348 e. The zero-order valence-electron chi connectivity index (χ0n) is 11.5. The van der Waals surface area contributed by atoms with Gasteiger partial charge in [0.2, 0.25) is 5.91 Å². The molecule has 1 aromatic rings. The van der Waals surface area contributed by atoms with Crippen LogP contribution in [0.3, 0.4) is 0 Å². The van der Waals surface area contributed by atoms with Crippen molar-refractivity contribution in [2.45, 2.75) is 33.1 Å². The molecule has 2 heteroatoms. The van der Waals surface area contributed by atoms with Crippen LogP contribution in [-0.4, -0.2) is 24.9 Å². The normalized spacial score (nSPS) is 12.6. The molecule has 0 aliphatic carbocycles. The molecule has 0 aliphatic rings. The van der Waals surface area contributed by atoms with Gasteiger partial charge in [-0.05, 0) is 30.4 Å². The molecule has 0 aromatic heterocycles. The summed E-state index contributed by atoms with van der Waals surface area (Å²) in [7, 11) is 3.60. The Morgan fingerprint density at radius 2 is 1.65 bits per heavy atom. The number of hydrogen-bond acceptors (Lipinski definition) is 1. The molecule has 0 N–H and O–H groups in total. The second-order valence-corrected chi connectivity index (χ2v) is 5.29. The van der Waals surface area contributed by atoms with Crippen molar-refractivity contribution in [3.8, 4) is 0 Å². The summed E-state index contributed by atoms with van der Waals surface area (Å²) in [5, 5.41) is 0. The smallest absolute Gasteiger partial charge is 0.229 e. The van der Waals surface area contributed by atoms with Crippen molar-refractivity contribution in [2.24, 2.45) is 5.92 Å². The molecule has 94 valence electrons. The Bertz CT molecular complexity index is 365. The molecule has 1 amide bonds. The highest BCUT2D eigenvalue weighted by Gasteiger charge is 2.16. The Morgan fingerprint density at radius 1 is 1.12 bits per heavy atom. The minimum Gasteiger partial charge on any atom is -0.348 e. The molecule has 0 radical (unpaired) electrons. The summed E-state index contributed by atoms with van der Waals surface area (Å²) in [6.07, 6.45) is 1.09. The number of carbonyl (C=O) groups is 1. The molecule has 0 spiro atoms. The van der Waals surface area contributed by atoms with Crippen LogP contribution in [0, 0.1) is 5.92 Å². The fourth-order valence-corrected chi connectivity index (χ4v) is 1.94. The monoisotopic (exact) mass is 233 g/mol. The molecule has 0 bridgehead atoms. The first kappa shape index (κ1) is 13.8. The van der Waals surface area contributed by atoms with Gasteiger partial charge in [-0.3, -0.25) is 4.79 Å². The van der Waals surface area contributed by atoms with Crippen LogP contribution in [0.4, 0.5) is 0 Å². The topological polar surface area (TPSA) is 20.3 Å². The third-order valence-corrected chi connectivity index (χ3v) is 2.93. The van der Waals surface area contributed by atoms with E-state index in [9.17, 15) is 4.79 Å². The van der Waals surface area contributed by atoms with E-state index in [1.54, 1.807) is 19.0 Å². The van der Waals surface area contributed by atoms with Gasteiger partial charge >= 0.3 is 0 Å². The van der Waals surface area contributed by atoms with E-state index in [0.717, 1.165) is 12.0 Å². The lowest BCUT2D eigenvalue weighted by molar-refractivity contribution is -0.129. The molecular formula is C15H23NO. The van der Waals surface area contributed by atoms with E-state index in [-0.39, 0.29) is 11.8 Å². The lowest BCUT2D eigenvalue weighted by Crippen LogP contribution is -2.26. The molecule has 0 aliphatic heterocycles. The number of amides is 1. The van der Waals surface area contributed by atoms with Crippen LogP contribution in [-0.2, 0) is 11.2 Å². The van der Waals surface area contributed by atoms with Gasteiger partial charge in [-0.2, -0.15) is 0 Å². The van der Waals surface area contributed by atoms with Crippen LogP contribution in [0.2, 0.25) is 0 Å². The fraction of sp³-hybridized carbons (Fsp3) is 0.533. The van der Waals surface area contributed by atoms with Crippen LogP contribution >= 0.6 is 0 Å². The minimum absolute atomic E-state index is 0.0573. The van der Waals surface area contributed by atoms with Crippen molar-refractivity contribution in [3.05, 3.63) is 35.4 Å². The van der Waals surface area contributed by atoms with Gasteiger partial charge in [0.1, 0.15) is 0 Å². The van der Waals surface area contributed by atoms with Crippen molar-refractivity contribution in [1.82, 2.24) is 4.90 Å². The van der Waals surface area contributed by atoms with Crippen molar-refractivity contribution in [2.75, 3.05) is 14.1 Å². The van der Waals surface area contributed by atoms with E-state index in [4.69, 9.17) is 0 Å². The zero-order valence-corrected chi connectivity index (χ0v) is 11.5. The Labute approximate surface area is 105 Å². The molecular weight excluding hydrogens is 210 g/mol. The van der Waals surface area contributed by atoms with Crippen LogP contribution < -0.4 is 0 Å². The Hall–Kier alpha value is -1.31. The Balaban J connectivity index is 2.77. The number of hydrogen-bond donors (Lipinski definition) is 0. The van der Waals surface area contributed by atoms with E-state index >= 15 is 0 Å². The number of rotatable bonds is 4. The summed E-state index contributed by atoms with van der Waals surface area (Å²) in [5.74, 6) is 0.765. The van der Waals surface area contributed by atoms with Crippen LogP contribution in [0.15, 0.2) is 24.3 Å². The summed E-state index contributed by atoms with van der Waals surface area (Å²) in [6.45, 7) is 6.39. The predicted octanol–water partition coefficient (Wildman–Crippen LogP) is 3.08. The molecule has 1 rings (SSSR count). The van der Waals surface area contributed by atoms with Crippen molar-refractivity contribution in [3.63, 3.8) is 0 Å². The molecule has 1 aromatic carbocycles. The summed E-state index contributed by atoms with van der Waals surface area (Å²) >= 11 is 0. The van der Waals surface area contributed by atoms with Crippen molar-refractivity contribution < 1.29 is 4.79 Å². The molecule has 0 unspecified atom stereocenters. The molecule has 1 atom stereocenters. The van der Waals surface area contributed by atoms with Gasteiger partial charge in [-0.1, -0.05) is 38.1 Å². The van der Waals surface area contributed by atoms with Gasteiger partial charge in [0.15, 0.2) is 0 Å².